The van der Waals surface area contributed by atoms with Gasteiger partial charge in [-0.05, 0) is 37.5 Å². The van der Waals surface area contributed by atoms with E-state index in [1.807, 2.05) is 15.9 Å². The molecule has 0 unspecified atom stereocenters. The zero-order chi connectivity index (χ0) is 19.0. The molecule has 2 aliphatic rings. The maximum absolute atomic E-state index is 13.4. The lowest BCUT2D eigenvalue weighted by molar-refractivity contribution is -0.128. The summed E-state index contributed by atoms with van der Waals surface area (Å²) < 4.78 is 18.4. The number of aromatic nitrogens is 1. The Bertz CT molecular complexity index is 871. The number of hydrogen-bond donors (Lipinski definition) is 0. The Hall–Kier alpha value is -2.70. The molecule has 0 radical (unpaired) electrons. The van der Waals surface area contributed by atoms with Crippen LogP contribution in [-0.4, -0.2) is 46.4 Å². The van der Waals surface area contributed by atoms with Crippen molar-refractivity contribution in [1.29, 1.82) is 0 Å². The van der Waals surface area contributed by atoms with E-state index < -0.39 is 0 Å². The minimum atomic E-state index is -0.287. The molecule has 0 saturated carbocycles. The number of nitrogens with zero attached hydrogens (tertiary/aromatic N) is 3. The van der Waals surface area contributed by atoms with E-state index in [1.54, 1.807) is 13.0 Å². The zero-order valence-electron chi connectivity index (χ0n) is 15.3. The molecule has 2 aliphatic heterocycles. The molecule has 2 aromatic rings. The summed E-state index contributed by atoms with van der Waals surface area (Å²) in [7, 11) is 0. The molecule has 7 heteroatoms. The topological polar surface area (TPSA) is 66.7 Å². The number of amides is 2. The lowest BCUT2D eigenvalue weighted by Gasteiger charge is -2.38. The SMILES string of the molecule is Cc1oncc1C(=O)N1CCC2(CC1)CC(=O)N(Cc1cccc(F)c1)C2. The molecule has 6 nitrogen and oxygen atoms in total. The molecule has 2 fully saturated rings. The molecule has 0 bridgehead atoms. The van der Waals surface area contributed by atoms with Crippen LogP contribution < -0.4 is 0 Å². The zero-order valence-corrected chi connectivity index (χ0v) is 15.3. The van der Waals surface area contributed by atoms with E-state index in [4.69, 9.17) is 4.52 Å². The van der Waals surface area contributed by atoms with Crippen LogP contribution >= 0.6 is 0 Å². The number of piperidine rings is 1. The predicted molar refractivity (Wildman–Crippen MR) is 95.2 cm³/mol. The molecule has 1 spiro atoms. The Labute approximate surface area is 156 Å². The molecular formula is C20H22FN3O3. The summed E-state index contributed by atoms with van der Waals surface area (Å²) in [6, 6.07) is 6.38. The van der Waals surface area contributed by atoms with E-state index in [2.05, 4.69) is 5.16 Å². The fourth-order valence-corrected chi connectivity index (χ4v) is 4.17. The van der Waals surface area contributed by atoms with Crippen LogP contribution in [0.15, 0.2) is 35.0 Å². The van der Waals surface area contributed by atoms with E-state index >= 15 is 0 Å². The summed E-state index contributed by atoms with van der Waals surface area (Å²) in [6.45, 7) is 4.05. The van der Waals surface area contributed by atoms with E-state index in [-0.39, 0.29) is 23.0 Å². The van der Waals surface area contributed by atoms with Crippen LogP contribution in [0.3, 0.4) is 0 Å². The Morgan fingerprint density at radius 1 is 1.33 bits per heavy atom. The number of carbonyl (C=O) groups excluding carboxylic acids is 2. The van der Waals surface area contributed by atoms with Gasteiger partial charge >= 0.3 is 0 Å². The molecule has 2 saturated heterocycles. The van der Waals surface area contributed by atoms with Crippen LogP contribution in [0.25, 0.3) is 0 Å². The molecule has 2 amide bonds. The average Bonchev–Trinajstić information content (AvgIpc) is 3.19. The summed E-state index contributed by atoms with van der Waals surface area (Å²) in [5.41, 5.74) is 1.21. The quantitative estimate of drug-likeness (QED) is 0.832. The second kappa shape index (κ2) is 6.79. The first-order valence-corrected chi connectivity index (χ1v) is 9.19. The number of hydrogen-bond acceptors (Lipinski definition) is 4. The Morgan fingerprint density at radius 2 is 2.11 bits per heavy atom. The monoisotopic (exact) mass is 371 g/mol. The molecule has 0 aliphatic carbocycles. The van der Waals surface area contributed by atoms with E-state index in [0.717, 1.165) is 18.4 Å². The summed E-state index contributed by atoms with van der Waals surface area (Å²) in [4.78, 5) is 28.7. The second-order valence-electron chi connectivity index (χ2n) is 7.64. The van der Waals surface area contributed by atoms with Crippen molar-refractivity contribution in [2.24, 2.45) is 5.41 Å². The normalized spacial score (nSPS) is 19.1. The van der Waals surface area contributed by atoms with Gasteiger partial charge in [-0.2, -0.15) is 0 Å². The number of benzene rings is 1. The molecule has 3 heterocycles. The minimum Gasteiger partial charge on any atom is -0.361 e. The van der Waals surface area contributed by atoms with E-state index in [9.17, 15) is 14.0 Å². The summed E-state index contributed by atoms with van der Waals surface area (Å²) in [5, 5.41) is 3.67. The van der Waals surface area contributed by atoms with Gasteiger partial charge in [0, 0.05) is 38.0 Å². The van der Waals surface area contributed by atoms with Gasteiger partial charge in [0.1, 0.15) is 17.1 Å². The Morgan fingerprint density at radius 3 is 2.78 bits per heavy atom. The highest BCUT2D eigenvalue weighted by Gasteiger charge is 2.45. The molecule has 142 valence electrons. The van der Waals surface area contributed by atoms with Crippen molar-refractivity contribution in [2.45, 2.75) is 32.7 Å². The number of likely N-dealkylation sites (tertiary alicyclic amines) is 2. The highest BCUT2D eigenvalue weighted by atomic mass is 19.1. The molecule has 1 aromatic heterocycles. The van der Waals surface area contributed by atoms with Gasteiger partial charge in [0.05, 0.1) is 6.20 Å². The number of halogens is 1. The van der Waals surface area contributed by atoms with Crippen LogP contribution in [0.2, 0.25) is 0 Å². The third-order valence-electron chi connectivity index (χ3n) is 5.76. The first-order chi connectivity index (χ1) is 13.0. The number of rotatable bonds is 3. The van der Waals surface area contributed by atoms with Crippen molar-refractivity contribution in [2.75, 3.05) is 19.6 Å². The highest BCUT2D eigenvalue weighted by Crippen LogP contribution is 2.41. The minimum absolute atomic E-state index is 0.0652. The van der Waals surface area contributed by atoms with Gasteiger partial charge < -0.3 is 14.3 Å². The first kappa shape index (κ1) is 17.7. The summed E-state index contributed by atoms with van der Waals surface area (Å²) in [5.74, 6) is 0.278. The number of carbonyl (C=O) groups is 2. The van der Waals surface area contributed by atoms with Gasteiger partial charge in [0.15, 0.2) is 0 Å². The Kier molecular flexibility index (Phi) is 4.45. The maximum atomic E-state index is 13.4. The van der Waals surface area contributed by atoms with Crippen molar-refractivity contribution in [3.63, 3.8) is 0 Å². The smallest absolute Gasteiger partial charge is 0.259 e. The van der Waals surface area contributed by atoms with Crippen molar-refractivity contribution < 1.29 is 18.5 Å². The standard InChI is InChI=1S/C20H22FN3O3/c1-14-17(11-22-27-14)19(26)23-7-5-20(6-8-23)10-18(25)24(13-20)12-15-3-2-4-16(21)9-15/h2-4,9,11H,5-8,10,12-13H2,1H3. The van der Waals surface area contributed by atoms with E-state index in [1.165, 1.54) is 18.3 Å². The molecule has 0 N–H and O–H groups in total. The fourth-order valence-electron chi connectivity index (χ4n) is 4.17. The molecule has 4 rings (SSSR count). The van der Waals surface area contributed by atoms with Crippen LogP contribution in [0, 0.1) is 18.2 Å². The van der Waals surface area contributed by atoms with Crippen LogP contribution in [0.4, 0.5) is 4.39 Å². The van der Waals surface area contributed by atoms with Gasteiger partial charge in [-0.15, -0.1) is 0 Å². The van der Waals surface area contributed by atoms with Crippen molar-refractivity contribution in [3.05, 3.63) is 53.2 Å². The first-order valence-electron chi connectivity index (χ1n) is 9.19. The third kappa shape index (κ3) is 3.46. The number of aryl methyl sites for hydroxylation is 1. The lowest BCUT2D eigenvalue weighted by Crippen LogP contribution is -2.44. The molecule has 1 aromatic carbocycles. The van der Waals surface area contributed by atoms with Crippen LogP contribution in [0.1, 0.15) is 40.9 Å². The third-order valence-corrected chi connectivity index (χ3v) is 5.76. The van der Waals surface area contributed by atoms with Crippen molar-refractivity contribution in [1.82, 2.24) is 15.0 Å². The predicted octanol–water partition coefficient (Wildman–Crippen LogP) is 2.78. The molecular weight excluding hydrogens is 349 g/mol. The molecule has 27 heavy (non-hydrogen) atoms. The maximum Gasteiger partial charge on any atom is 0.259 e. The van der Waals surface area contributed by atoms with Crippen LogP contribution in [-0.2, 0) is 11.3 Å². The lowest BCUT2D eigenvalue weighted by atomic mass is 9.77. The van der Waals surface area contributed by atoms with Crippen LogP contribution in [0.5, 0.6) is 0 Å². The average molecular weight is 371 g/mol. The summed E-state index contributed by atoms with van der Waals surface area (Å²) in [6.07, 6.45) is 3.53. The van der Waals surface area contributed by atoms with Crippen molar-refractivity contribution >= 4 is 11.8 Å². The summed E-state index contributed by atoms with van der Waals surface area (Å²) >= 11 is 0. The van der Waals surface area contributed by atoms with Gasteiger partial charge in [0.25, 0.3) is 5.91 Å². The second-order valence-corrected chi connectivity index (χ2v) is 7.64. The van der Waals surface area contributed by atoms with Gasteiger partial charge in [-0.3, -0.25) is 9.59 Å². The van der Waals surface area contributed by atoms with E-state index in [0.29, 0.717) is 43.9 Å². The highest BCUT2D eigenvalue weighted by molar-refractivity contribution is 5.94. The van der Waals surface area contributed by atoms with Gasteiger partial charge in [0.2, 0.25) is 5.91 Å². The Balaban J connectivity index is 1.39. The molecule has 0 atom stereocenters. The largest absolute Gasteiger partial charge is 0.361 e. The van der Waals surface area contributed by atoms with Gasteiger partial charge in [-0.25, -0.2) is 4.39 Å². The fraction of sp³-hybridized carbons (Fsp3) is 0.450. The van der Waals surface area contributed by atoms with Crippen molar-refractivity contribution in [3.8, 4) is 0 Å². The van der Waals surface area contributed by atoms with Gasteiger partial charge in [-0.1, -0.05) is 17.3 Å².